The van der Waals surface area contributed by atoms with Gasteiger partial charge >= 0.3 is 11.8 Å². The van der Waals surface area contributed by atoms with Crippen LogP contribution >= 0.6 is 27.5 Å². The van der Waals surface area contributed by atoms with Crippen LogP contribution in [0.2, 0.25) is 5.02 Å². The van der Waals surface area contributed by atoms with Gasteiger partial charge in [-0.05, 0) is 72.6 Å². The molecule has 0 spiro atoms. The standard InChI is InChI=1S/C28H27BrClN3O4S/c29-20-10-6-9-19(15-20)22-17-23(22)26(18-7-2-1-3-8-18)32-28(35)27(34)31-21-11-12-24(30)25(16-21)38(36,37)33-13-4-5-14-33/h1-3,6-12,15-16,22-23,26H,4-5,13-14,17H2,(H,31,34)(H,32,35). The van der Waals surface area contributed by atoms with E-state index < -0.39 is 21.8 Å². The normalized spacial score (nSPS) is 20.1. The Morgan fingerprint density at radius 2 is 1.68 bits per heavy atom. The first-order valence-corrected chi connectivity index (χ1v) is 15.1. The fourth-order valence-corrected chi connectivity index (χ4v) is 7.48. The maximum absolute atomic E-state index is 13.0. The molecule has 1 saturated heterocycles. The molecule has 2 N–H and O–H groups in total. The van der Waals surface area contributed by atoms with Gasteiger partial charge in [0.1, 0.15) is 4.90 Å². The molecule has 5 rings (SSSR count). The van der Waals surface area contributed by atoms with E-state index in [4.69, 9.17) is 11.6 Å². The van der Waals surface area contributed by atoms with Crippen LogP contribution in [0.1, 0.15) is 42.3 Å². The third-order valence-corrected chi connectivity index (χ3v) is 9.94. The predicted molar refractivity (Wildman–Crippen MR) is 150 cm³/mol. The lowest BCUT2D eigenvalue weighted by Crippen LogP contribution is -2.38. The first kappa shape index (κ1) is 26.9. The third-order valence-electron chi connectivity index (χ3n) is 7.07. The number of benzene rings is 3. The minimum absolute atomic E-state index is 0.0656. The van der Waals surface area contributed by atoms with E-state index in [9.17, 15) is 18.0 Å². The summed E-state index contributed by atoms with van der Waals surface area (Å²) in [6.45, 7) is 0.862. The van der Waals surface area contributed by atoms with Crippen LogP contribution in [0.25, 0.3) is 0 Å². The molecule has 38 heavy (non-hydrogen) atoms. The molecule has 3 unspecified atom stereocenters. The highest BCUT2D eigenvalue weighted by molar-refractivity contribution is 9.10. The van der Waals surface area contributed by atoms with Gasteiger partial charge in [-0.15, -0.1) is 0 Å². The van der Waals surface area contributed by atoms with E-state index in [1.165, 1.54) is 28.1 Å². The molecule has 10 heteroatoms. The second kappa shape index (κ2) is 11.2. The molecule has 0 bridgehead atoms. The summed E-state index contributed by atoms with van der Waals surface area (Å²) in [5.74, 6) is -1.28. The molecule has 7 nitrogen and oxygen atoms in total. The van der Waals surface area contributed by atoms with Gasteiger partial charge in [-0.2, -0.15) is 4.31 Å². The van der Waals surface area contributed by atoms with Crippen molar-refractivity contribution in [2.24, 2.45) is 5.92 Å². The Morgan fingerprint density at radius 1 is 0.947 bits per heavy atom. The largest absolute Gasteiger partial charge is 0.341 e. The molecule has 1 saturated carbocycles. The van der Waals surface area contributed by atoms with Gasteiger partial charge in [0.15, 0.2) is 0 Å². The number of sulfonamides is 1. The highest BCUT2D eigenvalue weighted by Crippen LogP contribution is 2.54. The van der Waals surface area contributed by atoms with Crippen LogP contribution in [0.15, 0.2) is 82.2 Å². The van der Waals surface area contributed by atoms with Crippen LogP contribution in [0, 0.1) is 5.92 Å². The molecule has 3 atom stereocenters. The molecule has 1 heterocycles. The predicted octanol–water partition coefficient (Wildman–Crippen LogP) is 5.49. The van der Waals surface area contributed by atoms with Crippen LogP contribution in [0.3, 0.4) is 0 Å². The Balaban J connectivity index is 1.31. The average molecular weight is 617 g/mol. The van der Waals surface area contributed by atoms with Gasteiger partial charge in [0.05, 0.1) is 11.1 Å². The van der Waals surface area contributed by atoms with E-state index >= 15 is 0 Å². The first-order valence-electron chi connectivity index (χ1n) is 12.5. The SMILES string of the molecule is O=C(Nc1ccc(Cl)c(S(=O)(=O)N2CCCC2)c1)C(=O)NC(c1ccccc1)C1CC1c1cccc(Br)c1. The molecular formula is C28H27BrClN3O4S. The fourth-order valence-electron chi connectivity index (χ4n) is 5.04. The Hall–Kier alpha value is -2.72. The lowest BCUT2D eigenvalue weighted by Gasteiger charge is -2.20. The number of hydrogen-bond acceptors (Lipinski definition) is 4. The van der Waals surface area contributed by atoms with E-state index in [-0.39, 0.29) is 33.5 Å². The number of amides is 2. The van der Waals surface area contributed by atoms with Crippen molar-refractivity contribution < 1.29 is 18.0 Å². The number of nitrogens with one attached hydrogen (secondary N) is 2. The molecular weight excluding hydrogens is 590 g/mol. The summed E-state index contributed by atoms with van der Waals surface area (Å²) < 4.78 is 28.4. The van der Waals surface area contributed by atoms with Gasteiger partial charge in [0.2, 0.25) is 10.0 Å². The summed E-state index contributed by atoms with van der Waals surface area (Å²) in [5.41, 5.74) is 2.28. The number of halogens is 2. The number of hydrogen-bond donors (Lipinski definition) is 2. The molecule has 1 aliphatic carbocycles. The minimum atomic E-state index is -3.80. The Morgan fingerprint density at radius 3 is 2.39 bits per heavy atom. The summed E-state index contributed by atoms with van der Waals surface area (Å²) in [4.78, 5) is 25.8. The van der Waals surface area contributed by atoms with E-state index in [2.05, 4.69) is 38.7 Å². The first-order chi connectivity index (χ1) is 18.2. The minimum Gasteiger partial charge on any atom is -0.341 e. The van der Waals surface area contributed by atoms with Crippen LogP contribution in [-0.2, 0) is 19.6 Å². The van der Waals surface area contributed by atoms with Crippen LogP contribution < -0.4 is 10.6 Å². The monoisotopic (exact) mass is 615 g/mol. The molecule has 2 amide bonds. The molecule has 2 fully saturated rings. The molecule has 0 aromatic heterocycles. The van der Waals surface area contributed by atoms with Crippen molar-refractivity contribution in [1.29, 1.82) is 0 Å². The summed E-state index contributed by atoms with van der Waals surface area (Å²) >= 11 is 9.73. The maximum Gasteiger partial charge on any atom is 0.313 e. The highest BCUT2D eigenvalue weighted by atomic mass is 79.9. The zero-order valence-electron chi connectivity index (χ0n) is 20.4. The Bertz CT molecular complexity index is 1460. The van der Waals surface area contributed by atoms with Gasteiger partial charge in [-0.1, -0.05) is 70.0 Å². The molecule has 3 aromatic carbocycles. The van der Waals surface area contributed by atoms with Crippen LogP contribution in [0.4, 0.5) is 5.69 Å². The van der Waals surface area contributed by atoms with Gasteiger partial charge in [-0.3, -0.25) is 9.59 Å². The summed E-state index contributed by atoms with van der Waals surface area (Å²) in [7, 11) is -3.80. The van der Waals surface area contributed by atoms with Gasteiger partial charge in [0, 0.05) is 23.2 Å². The quantitative estimate of drug-likeness (QED) is 0.344. The van der Waals surface area contributed by atoms with E-state index in [0.29, 0.717) is 13.1 Å². The van der Waals surface area contributed by atoms with E-state index in [1.807, 2.05) is 42.5 Å². The van der Waals surface area contributed by atoms with Crippen molar-refractivity contribution in [3.8, 4) is 0 Å². The Kier molecular flexibility index (Phi) is 7.90. The number of anilines is 1. The van der Waals surface area contributed by atoms with Gasteiger partial charge in [0.25, 0.3) is 0 Å². The molecule has 0 radical (unpaired) electrons. The van der Waals surface area contributed by atoms with Gasteiger partial charge < -0.3 is 10.6 Å². The number of rotatable bonds is 7. The van der Waals surface area contributed by atoms with Crippen molar-refractivity contribution in [2.45, 2.75) is 36.1 Å². The topological polar surface area (TPSA) is 95.6 Å². The van der Waals surface area contributed by atoms with Crippen LogP contribution in [0.5, 0.6) is 0 Å². The third kappa shape index (κ3) is 5.81. The Labute approximate surface area is 235 Å². The smallest absolute Gasteiger partial charge is 0.313 e. The summed E-state index contributed by atoms with van der Waals surface area (Å²) in [6, 6.07) is 21.5. The van der Waals surface area contributed by atoms with E-state index in [1.54, 1.807) is 0 Å². The van der Waals surface area contributed by atoms with Crippen LogP contribution in [-0.4, -0.2) is 37.6 Å². The number of carbonyl (C=O) groups excluding carboxylic acids is 2. The number of carbonyl (C=O) groups is 2. The summed E-state index contributed by atoms with van der Waals surface area (Å²) in [6.07, 6.45) is 2.46. The number of nitrogens with zero attached hydrogens (tertiary/aromatic N) is 1. The average Bonchev–Trinajstić information content (AvgIpc) is 3.49. The van der Waals surface area contributed by atoms with Crippen molar-refractivity contribution in [1.82, 2.24) is 9.62 Å². The highest BCUT2D eigenvalue weighted by Gasteiger charge is 2.45. The van der Waals surface area contributed by atoms with Gasteiger partial charge in [-0.25, -0.2) is 8.42 Å². The fraction of sp³-hybridized carbons (Fsp3) is 0.286. The second-order valence-corrected chi connectivity index (χ2v) is 12.9. The lowest BCUT2D eigenvalue weighted by atomic mass is 9.98. The molecule has 3 aromatic rings. The van der Waals surface area contributed by atoms with E-state index in [0.717, 1.165) is 29.3 Å². The van der Waals surface area contributed by atoms with Crippen molar-refractivity contribution in [3.63, 3.8) is 0 Å². The zero-order valence-corrected chi connectivity index (χ0v) is 23.6. The zero-order chi connectivity index (χ0) is 26.9. The molecule has 2 aliphatic rings. The maximum atomic E-state index is 13.0. The lowest BCUT2D eigenvalue weighted by molar-refractivity contribution is -0.136. The van der Waals surface area contributed by atoms with Crippen molar-refractivity contribution >= 4 is 55.1 Å². The van der Waals surface area contributed by atoms with Crippen molar-refractivity contribution in [3.05, 3.63) is 93.4 Å². The van der Waals surface area contributed by atoms with Crippen molar-refractivity contribution in [2.75, 3.05) is 18.4 Å². The molecule has 1 aliphatic heterocycles. The molecule has 198 valence electrons. The summed E-state index contributed by atoms with van der Waals surface area (Å²) in [5, 5.41) is 5.52. The second-order valence-electron chi connectivity index (χ2n) is 9.63.